The minimum Gasteiger partial charge on any atom is -0.483 e. The molecule has 0 amide bonds. The van der Waals surface area contributed by atoms with E-state index in [2.05, 4.69) is 47.7 Å². The summed E-state index contributed by atoms with van der Waals surface area (Å²) in [7, 11) is 4.20. The van der Waals surface area contributed by atoms with Crippen LogP contribution in [0.4, 0.5) is 5.69 Å². The summed E-state index contributed by atoms with van der Waals surface area (Å²) in [5.41, 5.74) is 6.21. The predicted octanol–water partition coefficient (Wildman–Crippen LogP) is 4.76. The normalized spacial score (nSPS) is 17.4. The lowest BCUT2D eigenvalue weighted by molar-refractivity contribution is -0.122. The van der Waals surface area contributed by atoms with E-state index >= 15 is 0 Å². The van der Waals surface area contributed by atoms with E-state index in [0.717, 1.165) is 50.3 Å². The van der Waals surface area contributed by atoms with Crippen molar-refractivity contribution in [1.82, 2.24) is 9.55 Å². The lowest BCUT2D eigenvalue weighted by Gasteiger charge is -2.34. The Bertz CT molecular complexity index is 1130. The highest BCUT2D eigenvalue weighted by Gasteiger charge is 2.28. The molecule has 3 aromatic rings. The van der Waals surface area contributed by atoms with Gasteiger partial charge in [0.1, 0.15) is 12.1 Å². The number of aromatic nitrogens is 2. The summed E-state index contributed by atoms with van der Waals surface area (Å²) in [6, 6.07) is 15.8. The van der Waals surface area contributed by atoms with E-state index in [1.165, 1.54) is 48.9 Å². The van der Waals surface area contributed by atoms with Crippen molar-refractivity contribution in [2.24, 2.45) is 0 Å². The Morgan fingerprint density at radius 3 is 2.21 bits per heavy atom. The SMILES string of the molecule is CC1CCc2c(ccc3c2nc(CC(C=O)c2ccccc2)n3C2CCCCC2)N1C.CO.CO.O=CO. The van der Waals surface area contributed by atoms with Gasteiger partial charge in [0.05, 0.1) is 11.0 Å². The molecule has 2 aliphatic rings. The topological polar surface area (TPSA) is 116 Å². The second kappa shape index (κ2) is 15.9. The van der Waals surface area contributed by atoms with Gasteiger partial charge in [0.15, 0.2) is 0 Å². The molecule has 2 heterocycles. The number of benzene rings is 2. The number of aryl methyl sites for hydroxylation is 1. The molecule has 38 heavy (non-hydrogen) atoms. The number of aliphatic hydroxyl groups is 2. The molecular formula is C30H43N3O5. The number of carbonyl (C=O) groups is 2. The summed E-state index contributed by atoms with van der Waals surface area (Å²) in [5.74, 6) is 0.927. The third-order valence-corrected chi connectivity index (χ3v) is 7.60. The molecule has 2 atom stereocenters. The van der Waals surface area contributed by atoms with Crippen molar-refractivity contribution in [3.63, 3.8) is 0 Å². The summed E-state index contributed by atoms with van der Waals surface area (Å²) >= 11 is 0. The molecular weight excluding hydrogens is 482 g/mol. The van der Waals surface area contributed by atoms with E-state index < -0.39 is 0 Å². The first-order valence-electron chi connectivity index (χ1n) is 13.3. The Morgan fingerprint density at radius 1 is 0.974 bits per heavy atom. The molecule has 8 heteroatoms. The minimum atomic E-state index is -0.250. The predicted molar refractivity (Wildman–Crippen MR) is 152 cm³/mol. The molecule has 0 radical (unpaired) electrons. The number of carboxylic acid groups (broad SMARTS) is 1. The van der Waals surface area contributed by atoms with E-state index in [-0.39, 0.29) is 12.4 Å². The summed E-state index contributed by atoms with van der Waals surface area (Å²) in [6.07, 6.45) is 10.3. The van der Waals surface area contributed by atoms with Gasteiger partial charge in [0, 0.05) is 56.9 Å². The third-order valence-electron chi connectivity index (χ3n) is 7.60. The van der Waals surface area contributed by atoms with Gasteiger partial charge < -0.3 is 29.6 Å². The highest BCUT2D eigenvalue weighted by molar-refractivity contribution is 5.86. The average Bonchev–Trinajstić information content (AvgIpc) is 3.35. The van der Waals surface area contributed by atoms with Crippen LogP contribution in [-0.2, 0) is 22.4 Å². The van der Waals surface area contributed by atoms with Crippen molar-refractivity contribution < 1.29 is 24.9 Å². The van der Waals surface area contributed by atoms with E-state index in [0.29, 0.717) is 18.5 Å². The van der Waals surface area contributed by atoms with Crippen molar-refractivity contribution in [2.45, 2.75) is 76.3 Å². The Morgan fingerprint density at radius 2 is 1.61 bits per heavy atom. The molecule has 2 unspecified atom stereocenters. The average molecular weight is 526 g/mol. The molecule has 3 N–H and O–H groups in total. The Kier molecular flexibility index (Phi) is 13.0. The van der Waals surface area contributed by atoms with Crippen LogP contribution < -0.4 is 4.90 Å². The van der Waals surface area contributed by atoms with Crippen LogP contribution in [0.15, 0.2) is 42.5 Å². The standard InChI is InChI=1S/C27H33N3O.CH2O2.2CH4O/c1-19-13-14-23-24(29(19)2)15-16-25-27(23)28-26(30(25)22-11-7-4-8-12-22)17-21(18-31)20-9-5-3-6-10-20;2-1-3;2*1-2/h3,5-6,9-10,15-16,18-19,21-22H,4,7-8,11-14,17H2,1-2H3;1H,(H,2,3);2*2H,1H3. The summed E-state index contributed by atoms with van der Waals surface area (Å²) in [5, 5.41) is 20.9. The van der Waals surface area contributed by atoms with Crippen molar-refractivity contribution in [3.05, 3.63) is 59.4 Å². The van der Waals surface area contributed by atoms with E-state index in [1.807, 2.05) is 18.2 Å². The van der Waals surface area contributed by atoms with Gasteiger partial charge in [-0.2, -0.15) is 0 Å². The number of hydrogen-bond acceptors (Lipinski definition) is 6. The second-order valence-corrected chi connectivity index (χ2v) is 9.58. The summed E-state index contributed by atoms with van der Waals surface area (Å²) < 4.78 is 2.51. The number of aliphatic hydroxyl groups excluding tert-OH is 2. The first-order valence-corrected chi connectivity index (χ1v) is 13.3. The maximum absolute atomic E-state index is 12.1. The van der Waals surface area contributed by atoms with E-state index in [1.54, 1.807) is 0 Å². The number of aldehydes is 1. The number of carbonyl (C=O) groups excluding carboxylic acids is 1. The lowest BCUT2D eigenvalue weighted by atomic mass is 9.93. The van der Waals surface area contributed by atoms with Crippen molar-refractivity contribution in [1.29, 1.82) is 0 Å². The highest BCUT2D eigenvalue weighted by Crippen LogP contribution is 2.39. The smallest absolute Gasteiger partial charge is 0.290 e. The van der Waals surface area contributed by atoms with Crippen LogP contribution in [0.2, 0.25) is 0 Å². The summed E-state index contributed by atoms with van der Waals surface area (Å²) in [6.45, 7) is 2.05. The molecule has 0 bridgehead atoms. The molecule has 1 aliphatic heterocycles. The zero-order valence-corrected chi connectivity index (χ0v) is 23.1. The van der Waals surface area contributed by atoms with Crippen molar-refractivity contribution in [2.75, 3.05) is 26.2 Å². The van der Waals surface area contributed by atoms with E-state index in [4.69, 9.17) is 25.1 Å². The molecule has 1 fully saturated rings. The maximum atomic E-state index is 12.1. The third kappa shape index (κ3) is 6.99. The molecule has 8 nitrogen and oxygen atoms in total. The molecule has 2 aromatic carbocycles. The van der Waals surface area contributed by atoms with Crippen LogP contribution in [0.25, 0.3) is 11.0 Å². The second-order valence-electron chi connectivity index (χ2n) is 9.58. The number of anilines is 1. The zero-order valence-electron chi connectivity index (χ0n) is 23.1. The zero-order chi connectivity index (χ0) is 28.1. The molecule has 1 aromatic heterocycles. The number of nitrogens with zero attached hydrogens (tertiary/aromatic N) is 3. The highest BCUT2D eigenvalue weighted by atomic mass is 16.3. The van der Waals surface area contributed by atoms with Crippen LogP contribution in [-0.4, -0.2) is 64.9 Å². The van der Waals surface area contributed by atoms with Crippen LogP contribution in [0, 0.1) is 0 Å². The van der Waals surface area contributed by atoms with Crippen LogP contribution in [0.3, 0.4) is 0 Å². The quantitative estimate of drug-likeness (QED) is 0.412. The van der Waals surface area contributed by atoms with Gasteiger partial charge in [-0.1, -0.05) is 49.6 Å². The summed E-state index contributed by atoms with van der Waals surface area (Å²) in [4.78, 5) is 28.1. The first-order chi connectivity index (χ1) is 18.6. The molecule has 5 rings (SSSR count). The minimum absolute atomic E-state index is 0.154. The number of rotatable bonds is 5. The van der Waals surface area contributed by atoms with Crippen LogP contribution in [0.5, 0.6) is 0 Å². The fraction of sp³-hybridized carbons (Fsp3) is 0.500. The fourth-order valence-electron chi connectivity index (χ4n) is 5.65. The Hall–Kier alpha value is -3.23. The molecule has 208 valence electrons. The molecule has 1 aliphatic carbocycles. The van der Waals surface area contributed by atoms with Gasteiger partial charge >= 0.3 is 0 Å². The molecule has 1 saturated carbocycles. The Labute approximate surface area is 225 Å². The van der Waals surface area contributed by atoms with Gasteiger partial charge in [0.25, 0.3) is 6.47 Å². The van der Waals surface area contributed by atoms with Crippen molar-refractivity contribution in [3.8, 4) is 0 Å². The maximum Gasteiger partial charge on any atom is 0.290 e. The number of hydrogen-bond donors (Lipinski definition) is 3. The fourth-order valence-corrected chi connectivity index (χ4v) is 5.65. The van der Waals surface area contributed by atoms with Gasteiger partial charge in [0.2, 0.25) is 0 Å². The van der Waals surface area contributed by atoms with Crippen molar-refractivity contribution >= 4 is 29.5 Å². The molecule has 0 spiro atoms. The van der Waals surface area contributed by atoms with Gasteiger partial charge in [-0.25, -0.2) is 4.98 Å². The van der Waals surface area contributed by atoms with Gasteiger partial charge in [-0.05, 0) is 50.3 Å². The lowest BCUT2D eigenvalue weighted by Crippen LogP contribution is -2.33. The number of imidazole rings is 1. The Balaban J connectivity index is 0.000000665. The molecule has 0 saturated heterocycles. The van der Waals surface area contributed by atoms with Gasteiger partial charge in [-0.15, -0.1) is 0 Å². The van der Waals surface area contributed by atoms with Crippen LogP contribution >= 0.6 is 0 Å². The largest absolute Gasteiger partial charge is 0.483 e. The number of fused-ring (bicyclic) bond motifs is 3. The monoisotopic (exact) mass is 525 g/mol. The van der Waals surface area contributed by atoms with Crippen LogP contribution in [0.1, 0.15) is 74.4 Å². The first kappa shape index (κ1) is 31.0. The van der Waals surface area contributed by atoms with Gasteiger partial charge in [-0.3, -0.25) is 4.79 Å². The van der Waals surface area contributed by atoms with E-state index in [9.17, 15) is 4.79 Å².